The zero-order chi connectivity index (χ0) is 16.1. The van der Waals surface area contributed by atoms with Crippen LogP contribution in [-0.4, -0.2) is 26.0 Å². The van der Waals surface area contributed by atoms with E-state index >= 15 is 0 Å². The highest BCUT2D eigenvalue weighted by molar-refractivity contribution is 6.07. The first kappa shape index (κ1) is 15.4. The molecule has 0 fully saturated rings. The number of rotatable bonds is 5. The number of ether oxygens (including phenoxy) is 2. The van der Waals surface area contributed by atoms with Crippen molar-refractivity contribution in [2.45, 2.75) is 0 Å². The maximum absolute atomic E-state index is 12.3. The Balaban J connectivity index is 2.25. The molecule has 6 nitrogen and oxygen atoms in total. The number of carbonyl (C=O) groups is 2. The quantitative estimate of drug-likeness (QED) is 0.884. The number of nitrogens with two attached hydrogens (primary N) is 1. The molecule has 0 atom stereocenters. The molecule has 2 aromatic carbocycles. The lowest BCUT2D eigenvalue weighted by molar-refractivity contribution is 0.0995. The van der Waals surface area contributed by atoms with Crippen molar-refractivity contribution in [2.75, 3.05) is 19.5 Å². The second-order valence-corrected chi connectivity index (χ2v) is 4.47. The summed E-state index contributed by atoms with van der Waals surface area (Å²) in [5.74, 6) is 0.0614. The summed E-state index contributed by atoms with van der Waals surface area (Å²) < 4.78 is 10.3. The number of primary amides is 1. The minimum atomic E-state index is -0.557. The van der Waals surface area contributed by atoms with Crippen molar-refractivity contribution in [1.29, 1.82) is 0 Å². The minimum absolute atomic E-state index is 0.319. The molecule has 2 amide bonds. The maximum Gasteiger partial charge on any atom is 0.259 e. The first-order valence-electron chi connectivity index (χ1n) is 6.48. The molecule has 6 heteroatoms. The standard InChI is InChI=1S/C16H16N2O4/c1-21-12-6-7-13(14(9-12)22-2)16(20)18-11-5-3-4-10(8-11)15(17)19/h3-9H,1-2H3,(H2,17,19)(H,18,20). The van der Waals surface area contributed by atoms with Crippen molar-refractivity contribution in [3.05, 3.63) is 53.6 Å². The van der Waals surface area contributed by atoms with Crippen LogP contribution in [0.25, 0.3) is 0 Å². The summed E-state index contributed by atoms with van der Waals surface area (Å²) in [6.45, 7) is 0. The highest BCUT2D eigenvalue weighted by Gasteiger charge is 2.14. The van der Waals surface area contributed by atoms with Crippen molar-refractivity contribution >= 4 is 17.5 Å². The lowest BCUT2D eigenvalue weighted by Gasteiger charge is -2.11. The van der Waals surface area contributed by atoms with Crippen LogP contribution in [0, 0.1) is 0 Å². The van der Waals surface area contributed by atoms with Gasteiger partial charge in [-0.05, 0) is 30.3 Å². The molecule has 0 radical (unpaired) electrons. The summed E-state index contributed by atoms with van der Waals surface area (Å²) in [5, 5.41) is 2.70. The fourth-order valence-corrected chi connectivity index (χ4v) is 1.93. The van der Waals surface area contributed by atoms with Gasteiger partial charge < -0.3 is 20.5 Å². The van der Waals surface area contributed by atoms with Gasteiger partial charge in [0, 0.05) is 17.3 Å². The van der Waals surface area contributed by atoms with Gasteiger partial charge in [-0.25, -0.2) is 0 Å². The monoisotopic (exact) mass is 300 g/mol. The van der Waals surface area contributed by atoms with Gasteiger partial charge in [0.15, 0.2) is 0 Å². The van der Waals surface area contributed by atoms with E-state index in [1.165, 1.54) is 20.3 Å². The number of amides is 2. The van der Waals surface area contributed by atoms with E-state index in [9.17, 15) is 9.59 Å². The predicted molar refractivity (Wildman–Crippen MR) is 82.5 cm³/mol. The van der Waals surface area contributed by atoms with Crippen LogP contribution in [-0.2, 0) is 0 Å². The third-order valence-corrected chi connectivity index (χ3v) is 3.06. The zero-order valence-electron chi connectivity index (χ0n) is 12.3. The van der Waals surface area contributed by atoms with Crippen LogP contribution in [0.2, 0.25) is 0 Å². The summed E-state index contributed by atoms with van der Waals surface area (Å²) >= 11 is 0. The topological polar surface area (TPSA) is 90.6 Å². The van der Waals surface area contributed by atoms with E-state index in [1.807, 2.05) is 0 Å². The third kappa shape index (κ3) is 3.35. The number of methoxy groups -OCH3 is 2. The third-order valence-electron chi connectivity index (χ3n) is 3.06. The second kappa shape index (κ2) is 6.62. The van der Waals surface area contributed by atoms with Gasteiger partial charge in [-0.3, -0.25) is 9.59 Å². The molecular weight excluding hydrogens is 284 g/mol. The van der Waals surface area contributed by atoms with Gasteiger partial charge in [0.2, 0.25) is 5.91 Å². The van der Waals surface area contributed by atoms with Crippen LogP contribution in [0.4, 0.5) is 5.69 Å². The molecule has 0 saturated carbocycles. The zero-order valence-corrected chi connectivity index (χ0v) is 12.3. The number of nitrogens with one attached hydrogen (secondary N) is 1. The Morgan fingerprint density at radius 1 is 1.05 bits per heavy atom. The Hall–Kier alpha value is -3.02. The number of hydrogen-bond donors (Lipinski definition) is 2. The number of carbonyl (C=O) groups excluding carboxylic acids is 2. The molecule has 2 rings (SSSR count). The minimum Gasteiger partial charge on any atom is -0.497 e. The normalized spacial score (nSPS) is 9.91. The Morgan fingerprint density at radius 3 is 2.45 bits per heavy atom. The van der Waals surface area contributed by atoms with Crippen LogP contribution in [0.3, 0.4) is 0 Å². The van der Waals surface area contributed by atoms with Crippen molar-refractivity contribution in [3.8, 4) is 11.5 Å². The lowest BCUT2D eigenvalue weighted by Crippen LogP contribution is -2.15. The molecule has 0 aromatic heterocycles. The predicted octanol–water partition coefficient (Wildman–Crippen LogP) is 2.05. The molecule has 3 N–H and O–H groups in total. The van der Waals surface area contributed by atoms with E-state index in [1.54, 1.807) is 36.4 Å². The smallest absolute Gasteiger partial charge is 0.259 e. The van der Waals surface area contributed by atoms with Gasteiger partial charge >= 0.3 is 0 Å². The maximum atomic E-state index is 12.3. The van der Waals surface area contributed by atoms with E-state index < -0.39 is 5.91 Å². The van der Waals surface area contributed by atoms with Gasteiger partial charge in [-0.2, -0.15) is 0 Å². The van der Waals surface area contributed by atoms with E-state index in [0.29, 0.717) is 28.3 Å². The van der Waals surface area contributed by atoms with Gasteiger partial charge in [0.25, 0.3) is 5.91 Å². The largest absolute Gasteiger partial charge is 0.497 e. The Morgan fingerprint density at radius 2 is 1.82 bits per heavy atom. The Kier molecular flexibility index (Phi) is 4.63. The molecule has 0 aliphatic heterocycles. The van der Waals surface area contributed by atoms with E-state index in [4.69, 9.17) is 15.2 Å². The fourth-order valence-electron chi connectivity index (χ4n) is 1.93. The van der Waals surface area contributed by atoms with Gasteiger partial charge in [0.1, 0.15) is 11.5 Å². The SMILES string of the molecule is COc1ccc(C(=O)Nc2cccc(C(N)=O)c2)c(OC)c1. The van der Waals surface area contributed by atoms with Crippen molar-refractivity contribution in [2.24, 2.45) is 5.73 Å². The lowest BCUT2D eigenvalue weighted by atomic mass is 10.1. The van der Waals surface area contributed by atoms with Crippen molar-refractivity contribution in [3.63, 3.8) is 0 Å². The number of benzene rings is 2. The summed E-state index contributed by atoms with van der Waals surface area (Å²) in [6, 6.07) is 11.3. The summed E-state index contributed by atoms with van der Waals surface area (Å²) in [4.78, 5) is 23.5. The average molecular weight is 300 g/mol. The van der Waals surface area contributed by atoms with Crippen LogP contribution < -0.4 is 20.5 Å². The average Bonchev–Trinajstić information content (AvgIpc) is 2.54. The van der Waals surface area contributed by atoms with Gasteiger partial charge in [-0.1, -0.05) is 6.07 Å². The van der Waals surface area contributed by atoms with Crippen LogP contribution in [0.15, 0.2) is 42.5 Å². The number of anilines is 1. The first-order valence-corrected chi connectivity index (χ1v) is 6.48. The summed E-state index contributed by atoms with van der Waals surface area (Å²) in [6.07, 6.45) is 0. The Bertz CT molecular complexity index is 713. The van der Waals surface area contributed by atoms with E-state index in [0.717, 1.165) is 0 Å². The van der Waals surface area contributed by atoms with Crippen LogP contribution >= 0.6 is 0 Å². The molecule has 0 aliphatic rings. The molecule has 0 spiro atoms. The number of hydrogen-bond acceptors (Lipinski definition) is 4. The van der Waals surface area contributed by atoms with Gasteiger partial charge in [-0.15, -0.1) is 0 Å². The summed E-state index contributed by atoms with van der Waals surface area (Å²) in [7, 11) is 3.00. The fraction of sp³-hybridized carbons (Fsp3) is 0.125. The molecule has 0 heterocycles. The van der Waals surface area contributed by atoms with Gasteiger partial charge in [0.05, 0.1) is 19.8 Å². The highest BCUT2D eigenvalue weighted by atomic mass is 16.5. The first-order chi connectivity index (χ1) is 10.5. The van der Waals surface area contributed by atoms with Crippen LogP contribution in [0.1, 0.15) is 20.7 Å². The molecule has 22 heavy (non-hydrogen) atoms. The molecule has 0 saturated heterocycles. The molecule has 114 valence electrons. The highest BCUT2D eigenvalue weighted by Crippen LogP contribution is 2.25. The van der Waals surface area contributed by atoms with Crippen molar-refractivity contribution in [1.82, 2.24) is 0 Å². The molecule has 0 bridgehead atoms. The molecule has 0 unspecified atom stereocenters. The van der Waals surface area contributed by atoms with Crippen LogP contribution in [0.5, 0.6) is 11.5 Å². The van der Waals surface area contributed by atoms with E-state index in [2.05, 4.69) is 5.32 Å². The van der Waals surface area contributed by atoms with E-state index in [-0.39, 0.29) is 5.91 Å². The second-order valence-electron chi connectivity index (χ2n) is 4.47. The van der Waals surface area contributed by atoms with Crippen molar-refractivity contribution < 1.29 is 19.1 Å². The Labute approximate surface area is 127 Å². The molecular formula is C16H16N2O4. The molecule has 2 aromatic rings. The molecule has 0 aliphatic carbocycles. The summed E-state index contributed by atoms with van der Waals surface area (Å²) in [5.41, 5.74) is 6.36.